The number of halogens is 3. The van der Waals surface area contributed by atoms with Crippen molar-refractivity contribution in [2.24, 2.45) is 5.73 Å². The molecule has 1 unspecified atom stereocenters. The van der Waals surface area contributed by atoms with Crippen LogP contribution in [-0.4, -0.2) is 9.97 Å². The predicted octanol–water partition coefficient (Wildman–Crippen LogP) is 3.97. The number of hydrogen-bond acceptors (Lipinski definition) is 4. The molecule has 0 spiro atoms. The Labute approximate surface area is 129 Å². The summed E-state index contributed by atoms with van der Waals surface area (Å²) in [7, 11) is 0. The number of aromatic nitrogens is 1. The molecule has 0 bridgehead atoms. The molecule has 0 amide bonds. The molecule has 0 aliphatic carbocycles. The first kappa shape index (κ1) is 15.7. The molecular weight excluding hydrogens is 319 g/mol. The minimum Gasteiger partial charge on any atom is -0.389 e. The summed E-state index contributed by atoms with van der Waals surface area (Å²) in [5, 5.41) is 5.74. The Balaban J connectivity index is 2.33. The molecule has 0 saturated carbocycles. The van der Waals surface area contributed by atoms with Gasteiger partial charge in [0.1, 0.15) is 10.00 Å². The quantitative estimate of drug-likeness (QED) is 0.833. The van der Waals surface area contributed by atoms with Gasteiger partial charge in [0.05, 0.1) is 11.6 Å². The maximum absolute atomic E-state index is 12.7. The van der Waals surface area contributed by atoms with Crippen LogP contribution in [0.3, 0.4) is 0 Å². The number of nitrogens with one attached hydrogen (secondary N) is 1. The van der Waals surface area contributed by atoms with Crippen LogP contribution in [0.15, 0.2) is 29.8 Å². The first-order valence-electron chi connectivity index (χ1n) is 5.96. The van der Waals surface area contributed by atoms with Crippen LogP contribution in [0.25, 0.3) is 0 Å². The minimum absolute atomic E-state index is 0.0880. The number of nitrogens with zero attached hydrogens (tertiary/aromatic N) is 1. The van der Waals surface area contributed by atoms with Crippen molar-refractivity contribution in [3.05, 3.63) is 45.9 Å². The molecule has 112 valence electrons. The molecule has 0 saturated heterocycles. The number of thiazole rings is 1. The van der Waals surface area contributed by atoms with Gasteiger partial charge in [-0.15, -0.1) is 11.3 Å². The Bertz CT molecular complexity index is 639. The van der Waals surface area contributed by atoms with Crippen LogP contribution in [0.2, 0.25) is 0 Å². The molecule has 0 aliphatic heterocycles. The van der Waals surface area contributed by atoms with Crippen LogP contribution < -0.4 is 11.1 Å². The SMILES string of the molecule is CC(Nc1ccc(C(F)(F)F)cc1C(N)=S)c1nccs1. The summed E-state index contributed by atoms with van der Waals surface area (Å²) in [5.41, 5.74) is 5.38. The Morgan fingerprint density at radius 3 is 2.67 bits per heavy atom. The summed E-state index contributed by atoms with van der Waals surface area (Å²) in [6.45, 7) is 1.86. The topological polar surface area (TPSA) is 50.9 Å². The van der Waals surface area contributed by atoms with Crippen LogP contribution in [-0.2, 0) is 6.18 Å². The van der Waals surface area contributed by atoms with Crippen LogP contribution in [0.5, 0.6) is 0 Å². The molecule has 2 aromatic rings. The monoisotopic (exact) mass is 331 g/mol. The molecule has 21 heavy (non-hydrogen) atoms. The molecule has 3 nitrogen and oxygen atoms in total. The lowest BCUT2D eigenvalue weighted by molar-refractivity contribution is -0.137. The Hall–Kier alpha value is -1.67. The number of nitrogens with two attached hydrogens (primary N) is 1. The van der Waals surface area contributed by atoms with Crippen LogP contribution >= 0.6 is 23.6 Å². The van der Waals surface area contributed by atoms with E-state index < -0.39 is 11.7 Å². The summed E-state index contributed by atoms with van der Waals surface area (Å²) >= 11 is 6.30. The first-order chi connectivity index (χ1) is 9.79. The first-order valence-corrected chi connectivity index (χ1v) is 7.25. The van der Waals surface area contributed by atoms with Crippen molar-refractivity contribution < 1.29 is 13.2 Å². The highest BCUT2D eigenvalue weighted by molar-refractivity contribution is 7.80. The van der Waals surface area contributed by atoms with Gasteiger partial charge in [-0.3, -0.25) is 0 Å². The second-order valence-corrected chi connectivity index (χ2v) is 5.72. The largest absolute Gasteiger partial charge is 0.416 e. The van der Waals surface area contributed by atoms with Crippen molar-refractivity contribution in [3.8, 4) is 0 Å². The van der Waals surface area contributed by atoms with E-state index in [9.17, 15) is 13.2 Å². The third-order valence-electron chi connectivity index (χ3n) is 2.81. The zero-order valence-electron chi connectivity index (χ0n) is 10.9. The fraction of sp³-hybridized carbons (Fsp3) is 0.231. The lowest BCUT2D eigenvalue weighted by Gasteiger charge is -2.17. The molecule has 1 aromatic carbocycles. The lowest BCUT2D eigenvalue weighted by atomic mass is 10.1. The summed E-state index contributed by atoms with van der Waals surface area (Å²) in [5.74, 6) is 0. The van der Waals surface area contributed by atoms with Gasteiger partial charge in [-0.25, -0.2) is 4.98 Å². The van der Waals surface area contributed by atoms with E-state index in [0.29, 0.717) is 5.69 Å². The molecule has 1 heterocycles. The summed E-state index contributed by atoms with van der Waals surface area (Å²) in [6, 6.07) is 3.13. The summed E-state index contributed by atoms with van der Waals surface area (Å²) < 4.78 is 38.2. The van der Waals surface area contributed by atoms with Crippen LogP contribution in [0, 0.1) is 0 Å². The van der Waals surface area contributed by atoms with Gasteiger partial charge < -0.3 is 11.1 Å². The van der Waals surface area contributed by atoms with E-state index >= 15 is 0 Å². The molecule has 1 atom stereocenters. The van der Waals surface area contributed by atoms with Crippen LogP contribution in [0.4, 0.5) is 18.9 Å². The lowest BCUT2D eigenvalue weighted by Crippen LogP contribution is -2.17. The highest BCUT2D eigenvalue weighted by Crippen LogP contribution is 2.33. The average molecular weight is 331 g/mol. The normalized spacial score (nSPS) is 13.0. The highest BCUT2D eigenvalue weighted by Gasteiger charge is 2.31. The number of thiocarbonyl (C=S) groups is 1. The third kappa shape index (κ3) is 3.70. The predicted molar refractivity (Wildman–Crippen MR) is 81.5 cm³/mol. The molecule has 8 heteroatoms. The third-order valence-corrected chi connectivity index (χ3v) is 3.98. The Morgan fingerprint density at radius 1 is 1.43 bits per heavy atom. The van der Waals surface area contributed by atoms with Crippen molar-refractivity contribution in [2.75, 3.05) is 5.32 Å². The standard InChI is InChI=1S/C13H12F3N3S2/c1-7(12-18-4-5-21-12)19-10-3-2-8(13(14,15)16)6-9(10)11(17)20/h2-7,19H,1H3,(H2,17,20). The van der Waals surface area contributed by atoms with E-state index in [1.54, 1.807) is 6.20 Å². The zero-order valence-corrected chi connectivity index (χ0v) is 12.6. The van der Waals surface area contributed by atoms with Gasteiger partial charge in [-0.1, -0.05) is 12.2 Å². The van der Waals surface area contributed by atoms with Crippen LogP contribution in [0.1, 0.15) is 29.1 Å². The van der Waals surface area contributed by atoms with Crippen molar-refractivity contribution in [1.29, 1.82) is 0 Å². The molecule has 2 rings (SSSR count). The number of rotatable bonds is 4. The molecule has 0 radical (unpaired) electrons. The van der Waals surface area contributed by atoms with E-state index in [1.165, 1.54) is 17.4 Å². The van der Waals surface area contributed by atoms with Gasteiger partial charge in [0.25, 0.3) is 0 Å². The van der Waals surface area contributed by atoms with Gasteiger partial charge in [0.2, 0.25) is 0 Å². The van der Waals surface area contributed by atoms with E-state index in [-0.39, 0.29) is 16.6 Å². The average Bonchev–Trinajstić information content (AvgIpc) is 2.91. The maximum atomic E-state index is 12.7. The maximum Gasteiger partial charge on any atom is 0.416 e. The van der Waals surface area contributed by atoms with E-state index in [0.717, 1.165) is 17.1 Å². The van der Waals surface area contributed by atoms with Crippen molar-refractivity contribution in [3.63, 3.8) is 0 Å². The van der Waals surface area contributed by atoms with E-state index in [4.69, 9.17) is 18.0 Å². The fourth-order valence-corrected chi connectivity index (χ4v) is 2.61. The van der Waals surface area contributed by atoms with Gasteiger partial charge in [-0.05, 0) is 25.1 Å². The highest BCUT2D eigenvalue weighted by atomic mass is 32.1. The van der Waals surface area contributed by atoms with Gasteiger partial charge >= 0.3 is 6.18 Å². The smallest absolute Gasteiger partial charge is 0.389 e. The Morgan fingerprint density at radius 2 is 2.14 bits per heavy atom. The van der Waals surface area contributed by atoms with Crippen molar-refractivity contribution in [2.45, 2.75) is 19.1 Å². The molecule has 1 aromatic heterocycles. The van der Waals surface area contributed by atoms with Crippen molar-refractivity contribution >= 4 is 34.2 Å². The number of hydrogen-bond donors (Lipinski definition) is 2. The van der Waals surface area contributed by atoms with Gasteiger partial charge in [-0.2, -0.15) is 13.2 Å². The number of anilines is 1. The van der Waals surface area contributed by atoms with Gasteiger partial charge in [0, 0.05) is 22.8 Å². The van der Waals surface area contributed by atoms with Crippen molar-refractivity contribution in [1.82, 2.24) is 4.98 Å². The minimum atomic E-state index is -4.43. The fourth-order valence-electron chi connectivity index (χ4n) is 1.79. The number of benzene rings is 1. The second-order valence-electron chi connectivity index (χ2n) is 4.36. The summed E-state index contributed by atoms with van der Waals surface area (Å²) in [6.07, 6.45) is -2.77. The Kier molecular flexibility index (Phi) is 4.48. The van der Waals surface area contributed by atoms with Gasteiger partial charge in [0.15, 0.2) is 0 Å². The summed E-state index contributed by atoms with van der Waals surface area (Å²) in [4.78, 5) is 4.07. The molecular formula is C13H12F3N3S2. The molecule has 3 N–H and O–H groups in total. The van der Waals surface area contributed by atoms with E-state index in [1.807, 2.05) is 12.3 Å². The second kappa shape index (κ2) is 5.98. The zero-order chi connectivity index (χ0) is 15.6. The number of alkyl halides is 3. The molecule has 0 aliphatic rings. The van der Waals surface area contributed by atoms with E-state index in [2.05, 4.69) is 10.3 Å². The molecule has 0 fully saturated rings.